The summed E-state index contributed by atoms with van der Waals surface area (Å²) in [4.78, 5) is 4.45. The normalized spacial score (nSPS) is 32.8. The third-order valence-corrected chi connectivity index (χ3v) is 6.50. The van der Waals surface area contributed by atoms with Gasteiger partial charge in [0.05, 0.1) is 6.10 Å². The first kappa shape index (κ1) is 20.2. The van der Waals surface area contributed by atoms with Crippen LogP contribution in [0.2, 0.25) is 0 Å². The molecule has 2 aliphatic carbocycles. The Morgan fingerprint density at radius 1 is 1.33 bits per heavy atom. The molecule has 24 heavy (non-hydrogen) atoms. The van der Waals surface area contributed by atoms with Crippen LogP contribution in [0.25, 0.3) is 0 Å². The number of methoxy groups -OCH3 is 1. The molecule has 6 heteroatoms. The molecule has 1 heterocycles. The van der Waals surface area contributed by atoms with Gasteiger partial charge in [0.1, 0.15) is 0 Å². The molecule has 3 aliphatic rings. The molecular formula is C18H34IN3O2. The third-order valence-electron chi connectivity index (χ3n) is 6.50. The first-order chi connectivity index (χ1) is 11.0. The monoisotopic (exact) mass is 451 g/mol. The van der Waals surface area contributed by atoms with Gasteiger partial charge in [-0.1, -0.05) is 20.3 Å². The largest absolute Gasteiger partial charge is 0.385 e. The molecule has 1 saturated heterocycles. The molecule has 0 radical (unpaired) electrons. The second-order valence-electron chi connectivity index (χ2n) is 8.21. The van der Waals surface area contributed by atoms with Crippen LogP contribution in [0.15, 0.2) is 4.99 Å². The number of halogens is 1. The van der Waals surface area contributed by atoms with Gasteiger partial charge >= 0.3 is 0 Å². The van der Waals surface area contributed by atoms with Crippen molar-refractivity contribution in [3.8, 4) is 0 Å². The summed E-state index contributed by atoms with van der Waals surface area (Å²) in [6.45, 7) is 7.36. The smallest absolute Gasteiger partial charge is 0.191 e. The second kappa shape index (κ2) is 8.08. The Kier molecular flexibility index (Phi) is 6.81. The first-order valence-corrected chi connectivity index (χ1v) is 9.10. The zero-order valence-corrected chi connectivity index (χ0v) is 17.9. The van der Waals surface area contributed by atoms with Gasteiger partial charge in [-0.15, -0.1) is 24.0 Å². The number of hydrogen-bond acceptors (Lipinski definition) is 3. The lowest BCUT2D eigenvalue weighted by atomic mass is 9.57. The van der Waals surface area contributed by atoms with E-state index in [1.54, 1.807) is 7.11 Å². The molecule has 1 aliphatic heterocycles. The van der Waals surface area contributed by atoms with Crippen molar-refractivity contribution in [2.75, 3.05) is 33.9 Å². The fraction of sp³-hybridized carbons (Fsp3) is 0.944. The van der Waals surface area contributed by atoms with Gasteiger partial charge in [0.25, 0.3) is 0 Å². The van der Waals surface area contributed by atoms with Crippen molar-refractivity contribution in [1.29, 1.82) is 0 Å². The Labute approximate surface area is 163 Å². The first-order valence-electron chi connectivity index (χ1n) is 9.10. The van der Waals surface area contributed by atoms with E-state index in [0.29, 0.717) is 23.5 Å². The Hall–Kier alpha value is -0.0800. The summed E-state index contributed by atoms with van der Waals surface area (Å²) in [5, 5.41) is 7.25. The Bertz CT molecular complexity index is 452. The van der Waals surface area contributed by atoms with Gasteiger partial charge in [0.2, 0.25) is 0 Å². The number of rotatable bonds is 6. The van der Waals surface area contributed by atoms with E-state index in [4.69, 9.17) is 9.47 Å². The summed E-state index contributed by atoms with van der Waals surface area (Å²) in [5.41, 5.74) is 0.588. The minimum absolute atomic E-state index is 0. The molecule has 3 fully saturated rings. The lowest BCUT2D eigenvalue weighted by Gasteiger charge is -2.55. The van der Waals surface area contributed by atoms with Gasteiger partial charge in [-0.3, -0.25) is 4.99 Å². The maximum Gasteiger partial charge on any atom is 0.191 e. The number of guanidine groups is 1. The van der Waals surface area contributed by atoms with E-state index < -0.39 is 0 Å². The average molecular weight is 451 g/mol. The molecule has 140 valence electrons. The van der Waals surface area contributed by atoms with Crippen molar-refractivity contribution in [1.82, 2.24) is 10.6 Å². The average Bonchev–Trinajstić information content (AvgIpc) is 2.95. The standard InChI is InChI=1S/C18H33N3O2.HI/c1-17(2)14(13-6-10-23-15(13)17)21-16(19-3)20-12-18(7-5-8-18)9-11-22-4;/h13-15H,5-12H2,1-4H3,(H2,19,20,21);1H. The van der Waals surface area contributed by atoms with E-state index in [1.165, 1.54) is 25.7 Å². The summed E-state index contributed by atoms with van der Waals surface area (Å²) in [5.74, 6) is 1.58. The van der Waals surface area contributed by atoms with Crippen molar-refractivity contribution in [3.63, 3.8) is 0 Å². The van der Waals surface area contributed by atoms with Gasteiger partial charge in [0.15, 0.2) is 5.96 Å². The summed E-state index contributed by atoms with van der Waals surface area (Å²) >= 11 is 0. The maximum atomic E-state index is 5.88. The van der Waals surface area contributed by atoms with Crippen LogP contribution in [0.5, 0.6) is 0 Å². The molecule has 3 rings (SSSR count). The molecule has 0 spiro atoms. The lowest BCUT2D eigenvalue weighted by molar-refractivity contribution is -0.106. The van der Waals surface area contributed by atoms with Crippen LogP contribution in [0, 0.1) is 16.7 Å². The highest BCUT2D eigenvalue weighted by Gasteiger charge is 2.59. The summed E-state index contributed by atoms with van der Waals surface area (Å²) in [6.07, 6.45) is 6.66. The second-order valence-corrected chi connectivity index (χ2v) is 8.21. The molecule has 0 bridgehead atoms. The predicted molar refractivity (Wildman–Crippen MR) is 108 cm³/mol. The fourth-order valence-corrected chi connectivity index (χ4v) is 4.74. The molecular weight excluding hydrogens is 417 g/mol. The topological polar surface area (TPSA) is 54.9 Å². The maximum absolute atomic E-state index is 5.88. The van der Waals surface area contributed by atoms with Crippen molar-refractivity contribution < 1.29 is 9.47 Å². The minimum Gasteiger partial charge on any atom is -0.385 e. The fourth-order valence-electron chi connectivity index (χ4n) is 4.74. The van der Waals surface area contributed by atoms with Crippen LogP contribution in [0.4, 0.5) is 0 Å². The van der Waals surface area contributed by atoms with Crippen LogP contribution in [-0.2, 0) is 9.47 Å². The van der Waals surface area contributed by atoms with E-state index in [-0.39, 0.29) is 29.4 Å². The van der Waals surface area contributed by atoms with Gasteiger partial charge in [-0.25, -0.2) is 0 Å². The van der Waals surface area contributed by atoms with Crippen molar-refractivity contribution in [2.45, 2.75) is 58.1 Å². The van der Waals surface area contributed by atoms with Crippen LogP contribution >= 0.6 is 24.0 Å². The van der Waals surface area contributed by atoms with Crippen LogP contribution < -0.4 is 10.6 Å². The van der Waals surface area contributed by atoms with Crippen molar-refractivity contribution >= 4 is 29.9 Å². The van der Waals surface area contributed by atoms with E-state index in [1.807, 2.05) is 7.05 Å². The van der Waals surface area contributed by atoms with E-state index >= 15 is 0 Å². The number of hydrogen-bond donors (Lipinski definition) is 2. The quantitative estimate of drug-likeness (QED) is 0.371. The minimum atomic E-state index is 0. The molecule has 0 aromatic heterocycles. The molecule has 0 aromatic rings. The van der Waals surface area contributed by atoms with Gasteiger partial charge < -0.3 is 20.1 Å². The summed E-state index contributed by atoms with van der Waals surface area (Å²) in [7, 11) is 3.66. The van der Waals surface area contributed by atoms with Gasteiger partial charge in [-0.05, 0) is 31.1 Å². The molecule has 2 N–H and O–H groups in total. The van der Waals surface area contributed by atoms with E-state index in [9.17, 15) is 0 Å². The third kappa shape index (κ3) is 3.70. The Morgan fingerprint density at radius 2 is 2.08 bits per heavy atom. The zero-order chi connectivity index (χ0) is 16.5. The molecule has 3 atom stereocenters. The van der Waals surface area contributed by atoms with Crippen LogP contribution in [-0.4, -0.2) is 52.0 Å². The number of nitrogens with one attached hydrogen (secondary N) is 2. The SMILES string of the molecule is CN=C(NCC1(CCOC)CCC1)NC1C2CCOC2C1(C)C.I. The number of fused-ring (bicyclic) bond motifs is 1. The Morgan fingerprint density at radius 3 is 2.67 bits per heavy atom. The number of nitrogens with zero attached hydrogens (tertiary/aromatic N) is 1. The van der Waals surface area contributed by atoms with Crippen LogP contribution in [0.3, 0.4) is 0 Å². The molecule has 0 amide bonds. The summed E-state index contributed by atoms with van der Waals surface area (Å²) in [6, 6.07) is 0.456. The number of aliphatic imine (C=N–C) groups is 1. The molecule has 3 unspecified atom stereocenters. The predicted octanol–water partition coefficient (Wildman–Crippen LogP) is 2.79. The molecule has 2 saturated carbocycles. The molecule has 5 nitrogen and oxygen atoms in total. The van der Waals surface area contributed by atoms with Gasteiger partial charge in [0, 0.05) is 51.3 Å². The number of ether oxygens (including phenoxy) is 2. The van der Waals surface area contributed by atoms with Crippen LogP contribution in [0.1, 0.15) is 46.0 Å². The molecule has 0 aromatic carbocycles. The summed E-state index contributed by atoms with van der Waals surface area (Å²) < 4.78 is 11.2. The lowest BCUT2D eigenvalue weighted by Crippen LogP contribution is -2.68. The zero-order valence-electron chi connectivity index (χ0n) is 15.6. The van der Waals surface area contributed by atoms with E-state index in [0.717, 1.165) is 32.1 Å². The van der Waals surface area contributed by atoms with Gasteiger partial charge in [-0.2, -0.15) is 0 Å². The highest BCUT2D eigenvalue weighted by atomic mass is 127. The highest BCUT2D eigenvalue weighted by Crippen LogP contribution is 2.52. The van der Waals surface area contributed by atoms with Crippen molar-refractivity contribution in [3.05, 3.63) is 0 Å². The van der Waals surface area contributed by atoms with E-state index in [2.05, 4.69) is 29.5 Å². The Balaban J connectivity index is 0.00000208. The highest BCUT2D eigenvalue weighted by molar-refractivity contribution is 14.0. The van der Waals surface area contributed by atoms with Crippen molar-refractivity contribution in [2.24, 2.45) is 21.7 Å².